The van der Waals surface area contributed by atoms with E-state index in [1.165, 1.54) is 18.2 Å². The fourth-order valence-electron chi connectivity index (χ4n) is 3.14. The Hall–Kier alpha value is -3.26. The second-order valence-electron chi connectivity index (χ2n) is 6.54. The number of nitrogens with zero attached hydrogens (tertiary/aromatic N) is 1. The molecule has 148 valence electrons. The standard InChI is InChI=1S/C21H17F2N3O2S/c22-17-9-3-1-6-14(17)12-15-8-5-11-19-20(15)25-21(26-29(19,27)28)24-13-16-7-2-4-10-18(16)23/h1-11H,12-13H2,(H2,24,25,26). The molecule has 0 spiro atoms. The minimum absolute atomic E-state index is 0.0123. The maximum absolute atomic E-state index is 14.1. The topological polar surface area (TPSA) is 70.6 Å². The maximum Gasteiger partial charge on any atom is 0.287 e. The second kappa shape index (κ2) is 7.63. The molecule has 0 aliphatic carbocycles. The fraction of sp³-hybridized carbons (Fsp3) is 0.0952. The molecule has 0 bridgehead atoms. The van der Waals surface area contributed by atoms with Crippen molar-refractivity contribution in [2.45, 2.75) is 17.9 Å². The summed E-state index contributed by atoms with van der Waals surface area (Å²) in [6, 6.07) is 17.3. The van der Waals surface area contributed by atoms with E-state index in [1.807, 2.05) is 0 Å². The molecule has 3 aromatic carbocycles. The number of fused-ring (bicyclic) bond motifs is 1. The molecule has 0 aromatic heterocycles. The van der Waals surface area contributed by atoms with Crippen LogP contribution in [0.4, 0.5) is 14.5 Å². The van der Waals surface area contributed by atoms with E-state index in [4.69, 9.17) is 0 Å². The maximum atomic E-state index is 14.1. The highest BCUT2D eigenvalue weighted by Gasteiger charge is 2.27. The van der Waals surface area contributed by atoms with Gasteiger partial charge in [-0.05, 0) is 29.3 Å². The molecular weight excluding hydrogens is 396 g/mol. The van der Waals surface area contributed by atoms with Crippen molar-refractivity contribution in [3.8, 4) is 0 Å². The van der Waals surface area contributed by atoms with Crippen molar-refractivity contribution < 1.29 is 17.2 Å². The minimum Gasteiger partial charge on any atom is -0.351 e. The summed E-state index contributed by atoms with van der Waals surface area (Å²) in [6.45, 7) is 0.0544. The number of halogens is 2. The van der Waals surface area contributed by atoms with Crippen LogP contribution < -0.4 is 10.6 Å². The zero-order chi connectivity index (χ0) is 20.4. The normalized spacial score (nSPS) is 14.5. The number of guanidine groups is 1. The summed E-state index contributed by atoms with van der Waals surface area (Å²) < 4.78 is 56.9. The van der Waals surface area contributed by atoms with Gasteiger partial charge in [-0.15, -0.1) is 4.40 Å². The predicted octanol–water partition coefficient (Wildman–Crippen LogP) is 3.82. The SMILES string of the molecule is O=S1(=O)N=C(NCc2ccccc2F)Nc2c(Cc3ccccc3F)cccc21. The van der Waals surface area contributed by atoms with E-state index in [9.17, 15) is 17.2 Å². The molecule has 0 saturated carbocycles. The molecule has 5 nitrogen and oxygen atoms in total. The van der Waals surface area contributed by atoms with Crippen molar-refractivity contribution in [2.24, 2.45) is 4.40 Å². The Morgan fingerprint density at radius 2 is 1.45 bits per heavy atom. The summed E-state index contributed by atoms with van der Waals surface area (Å²) in [5.41, 5.74) is 1.77. The molecule has 0 amide bonds. The van der Waals surface area contributed by atoms with Crippen LogP contribution in [0.15, 0.2) is 76.0 Å². The highest BCUT2D eigenvalue weighted by molar-refractivity contribution is 7.90. The van der Waals surface area contributed by atoms with Crippen LogP contribution in [0, 0.1) is 11.6 Å². The molecule has 1 aliphatic heterocycles. The van der Waals surface area contributed by atoms with E-state index in [0.717, 1.165) is 0 Å². The molecule has 0 unspecified atom stereocenters. The number of nitrogens with one attached hydrogen (secondary N) is 2. The van der Waals surface area contributed by atoms with Crippen LogP contribution in [0.2, 0.25) is 0 Å². The van der Waals surface area contributed by atoms with Gasteiger partial charge in [0.25, 0.3) is 10.0 Å². The molecule has 0 fully saturated rings. The Kier molecular flexibility index (Phi) is 5.02. The predicted molar refractivity (Wildman–Crippen MR) is 107 cm³/mol. The summed E-state index contributed by atoms with van der Waals surface area (Å²) >= 11 is 0. The van der Waals surface area contributed by atoms with E-state index in [2.05, 4.69) is 15.0 Å². The quantitative estimate of drug-likeness (QED) is 0.682. The average Bonchev–Trinajstić information content (AvgIpc) is 2.69. The summed E-state index contributed by atoms with van der Waals surface area (Å²) in [5.74, 6) is -0.781. The number of sulfonamides is 1. The van der Waals surface area contributed by atoms with Gasteiger partial charge in [0.2, 0.25) is 5.96 Å². The molecule has 2 N–H and O–H groups in total. The van der Waals surface area contributed by atoms with Crippen LogP contribution in [0.3, 0.4) is 0 Å². The van der Waals surface area contributed by atoms with Crippen molar-refractivity contribution in [3.63, 3.8) is 0 Å². The lowest BCUT2D eigenvalue weighted by Crippen LogP contribution is -2.35. The summed E-state index contributed by atoms with van der Waals surface area (Å²) in [5, 5.41) is 5.79. The van der Waals surface area contributed by atoms with E-state index in [1.54, 1.807) is 48.5 Å². The number of rotatable bonds is 4. The van der Waals surface area contributed by atoms with Crippen LogP contribution >= 0.6 is 0 Å². The van der Waals surface area contributed by atoms with E-state index in [-0.39, 0.29) is 29.6 Å². The lowest BCUT2D eigenvalue weighted by Gasteiger charge is -2.22. The Balaban J connectivity index is 1.64. The average molecular weight is 413 g/mol. The third-order valence-electron chi connectivity index (χ3n) is 4.59. The first-order valence-corrected chi connectivity index (χ1v) is 10.3. The molecular formula is C21H17F2N3O2S. The van der Waals surface area contributed by atoms with E-state index in [0.29, 0.717) is 22.4 Å². The third kappa shape index (κ3) is 3.97. The first-order chi connectivity index (χ1) is 13.9. The lowest BCUT2D eigenvalue weighted by atomic mass is 10.0. The van der Waals surface area contributed by atoms with Gasteiger partial charge in [0.05, 0.1) is 5.69 Å². The van der Waals surface area contributed by atoms with Gasteiger partial charge in [-0.1, -0.05) is 48.5 Å². The van der Waals surface area contributed by atoms with Gasteiger partial charge in [0.15, 0.2) is 0 Å². The fourth-order valence-corrected chi connectivity index (χ4v) is 4.27. The molecule has 4 rings (SSSR count). The highest BCUT2D eigenvalue weighted by Crippen LogP contribution is 2.32. The van der Waals surface area contributed by atoms with Gasteiger partial charge in [-0.2, -0.15) is 8.42 Å². The Labute approximate surface area is 167 Å². The summed E-state index contributed by atoms with van der Waals surface area (Å²) in [6.07, 6.45) is 0.207. The number of anilines is 1. The van der Waals surface area contributed by atoms with Crippen molar-refractivity contribution in [2.75, 3.05) is 5.32 Å². The third-order valence-corrected chi connectivity index (χ3v) is 5.91. The van der Waals surface area contributed by atoms with Gasteiger partial charge in [0, 0.05) is 18.5 Å². The van der Waals surface area contributed by atoms with Gasteiger partial charge < -0.3 is 10.6 Å². The smallest absolute Gasteiger partial charge is 0.287 e. The molecule has 3 aromatic rings. The van der Waals surface area contributed by atoms with E-state index < -0.39 is 15.8 Å². The molecule has 1 aliphatic rings. The zero-order valence-electron chi connectivity index (χ0n) is 15.2. The van der Waals surface area contributed by atoms with Crippen molar-refractivity contribution in [1.29, 1.82) is 0 Å². The Morgan fingerprint density at radius 3 is 2.14 bits per heavy atom. The first-order valence-electron chi connectivity index (χ1n) is 8.88. The number of hydrogen-bond donors (Lipinski definition) is 2. The van der Waals surface area contributed by atoms with Gasteiger partial charge in [-0.25, -0.2) is 8.78 Å². The zero-order valence-corrected chi connectivity index (χ0v) is 16.0. The highest BCUT2D eigenvalue weighted by atomic mass is 32.2. The monoisotopic (exact) mass is 413 g/mol. The number of para-hydroxylation sites is 1. The van der Waals surface area contributed by atoms with Crippen LogP contribution in [0.25, 0.3) is 0 Å². The van der Waals surface area contributed by atoms with Crippen molar-refractivity contribution >= 4 is 21.7 Å². The molecule has 0 saturated heterocycles. The van der Waals surface area contributed by atoms with Gasteiger partial charge in [-0.3, -0.25) is 0 Å². The largest absolute Gasteiger partial charge is 0.351 e. The van der Waals surface area contributed by atoms with Crippen molar-refractivity contribution in [1.82, 2.24) is 5.32 Å². The van der Waals surface area contributed by atoms with Gasteiger partial charge >= 0.3 is 0 Å². The Bertz CT molecular complexity index is 1210. The number of benzene rings is 3. The molecule has 1 heterocycles. The lowest BCUT2D eigenvalue weighted by molar-refractivity contribution is 0.596. The minimum atomic E-state index is -3.96. The van der Waals surface area contributed by atoms with Crippen molar-refractivity contribution in [3.05, 3.63) is 95.1 Å². The second-order valence-corrected chi connectivity index (χ2v) is 8.12. The van der Waals surface area contributed by atoms with Crippen LogP contribution in [0.1, 0.15) is 16.7 Å². The van der Waals surface area contributed by atoms with E-state index >= 15 is 0 Å². The summed E-state index contributed by atoms with van der Waals surface area (Å²) in [4.78, 5) is 0.0165. The van der Waals surface area contributed by atoms with Crippen LogP contribution in [0.5, 0.6) is 0 Å². The molecule has 8 heteroatoms. The Morgan fingerprint density at radius 1 is 0.828 bits per heavy atom. The van der Waals surface area contributed by atoms with Gasteiger partial charge in [0.1, 0.15) is 16.5 Å². The molecule has 0 atom stereocenters. The van der Waals surface area contributed by atoms with Crippen LogP contribution in [-0.4, -0.2) is 14.4 Å². The number of hydrogen-bond acceptors (Lipinski definition) is 4. The van der Waals surface area contributed by atoms with Crippen LogP contribution in [-0.2, 0) is 23.0 Å². The first kappa shape index (κ1) is 19.1. The summed E-state index contributed by atoms with van der Waals surface area (Å²) in [7, 11) is -3.96. The molecule has 29 heavy (non-hydrogen) atoms. The molecule has 0 radical (unpaired) electrons.